The van der Waals surface area contributed by atoms with Crippen LogP contribution < -0.4 is 5.32 Å². The highest BCUT2D eigenvalue weighted by atomic mass is 28.4. The van der Waals surface area contributed by atoms with Gasteiger partial charge in [0.05, 0.1) is 25.1 Å². The molecule has 0 saturated carbocycles. The number of carbonyl (C=O) groups excluding carboxylic acids is 3. The van der Waals surface area contributed by atoms with Gasteiger partial charge in [-0.15, -0.1) is 0 Å². The Bertz CT molecular complexity index is 2740. The van der Waals surface area contributed by atoms with Crippen molar-refractivity contribution in [2.24, 2.45) is 0 Å². The van der Waals surface area contributed by atoms with Gasteiger partial charge in [0.2, 0.25) is 0 Å². The summed E-state index contributed by atoms with van der Waals surface area (Å²) in [5.74, 6) is -1.49. The van der Waals surface area contributed by atoms with Crippen LogP contribution >= 0.6 is 0 Å². The lowest BCUT2D eigenvalue weighted by molar-refractivity contribution is -0.187. The first-order valence-electron chi connectivity index (χ1n) is 22.1. The van der Waals surface area contributed by atoms with Gasteiger partial charge in [-0.25, -0.2) is 15.0 Å². The molecule has 1 N–H and O–H groups in total. The summed E-state index contributed by atoms with van der Waals surface area (Å²) >= 11 is 0. The van der Waals surface area contributed by atoms with E-state index in [9.17, 15) is 14.4 Å². The van der Waals surface area contributed by atoms with Crippen LogP contribution in [0, 0.1) is 0 Å². The number of nitrogens with one attached hydrogen (secondary N) is 1. The minimum atomic E-state index is -2.22. The van der Waals surface area contributed by atoms with Crippen molar-refractivity contribution in [3.05, 3.63) is 72.3 Å². The van der Waals surface area contributed by atoms with Crippen molar-refractivity contribution in [2.75, 3.05) is 11.9 Å². The molecular weight excluding hydrogens is 847 g/mol. The maximum atomic E-state index is 13.1. The minimum Gasteiger partial charge on any atom is -0.456 e. The number of hydrogen-bond donors (Lipinski definition) is 1. The number of imidazole rings is 1. The lowest BCUT2D eigenvalue weighted by Crippen LogP contribution is -2.50. The first-order valence-corrected chi connectivity index (χ1v) is 27.9. The molecule has 8 rings (SSSR count). The van der Waals surface area contributed by atoms with E-state index in [2.05, 4.69) is 97.3 Å². The summed E-state index contributed by atoms with van der Waals surface area (Å²) in [5, 5.41) is 9.53. The summed E-state index contributed by atoms with van der Waals surface area (Å²) < 4.78 is 40.7. The predicted octanol–water partition coefficient (Wildman–Crippen LogP) is 10.1. The number of rotatable bonds is 11. The molecule has 4 aromatic carbocycles. The van der Waals surface area contributed by atoms with E-state index >= 15 is 0 Å². The number of nitrogens with zero attached hydrogens (tertiary/aromatic N) is 4. The molecule has 2 aromatic heterocycles. The Labute approximate surface area is 376 Å². The lowest BCUT2D eigenvalue weighted by atomic mass is 9.77. The minimum absolute atomic E-state index is 0.0181. The van der Waals surface area contributed by atoms with E-state index in [1.54, 1.807) is 6.33 Å². The second-order valence-electron chi connectivity index (χ2n) is 20.4. The molecule has 1 aliphatic carbocycles. The van der Waals surface area contributed by atoms with E-state index in [1.807, 2.05) is 28.8 Å². The van der Waals surface area contributed by atoms with Gasteiger partial charge in [-0.3, -0.25) is 19.0 Å². The molecule has 340 valence electrons. The molecule has 16 heteroatoms. The van der Waals surface area contributed by atoms with E-state index in [0.717, 1.165) is 32.3 Å². The molecule has 0 radical (unpaired) electrons. The average molecular weight is 908 g/mol. The van der Waals surface area contributed by atoms with Crippen LogP contribution in [0.2, 0.25) is 36.3 Å². The van der Waals surface area contributed by atoms with Crippen molar-refractivity contribution < 1.29 is 42.2 Å². The Morgan fingerprint density at radius 1 is 0.781 bits per heavy atom. The zero-order valence-electron chi connectivity index (χ0n) is 39.2. The van der Waals surface area contributed by atoms with Gasteiger partial charge in [-0.2, -0.15) is 0 Å². The van der Waals surface area contributed by atoms with Crippen LogP contribution in [0.3, 0.4) is 0 Å². The highest BCUT2D eigenvalue weighted by molar-refractivity contribution is 6.74. The fraction of sp³-hybridized carbons (Fsp3) is 0.500. The van der Waals surface area contributed by atoms with E-state index in [0.29, 0.717) is 41.1 Å². The standard InChI is InChI=1S/C48H61N5O9Si2/c1-26(54)58-42-33-21-31-18-17-29-15-14-16-30-19-20-32(38(31)37(29)30)39(33)40(43(59-27(2)55)44(42)60-28(3)56)52-45-41-46(50-24-49-45)53(25-51-41)36-22-34(62-64(12,13)48(7,8)9)35(61-36)23-57-63(10,11)47(4,5)6/h14-21,24-25,34-36,40,42-44H,22-23H2,1-13H3,(H,49,50,52)/t34-,35+,36+,40-,42-,43-,44+/m0/s1. The van der Waals surface area contributed by atoms with Crippen molar-refractivity contribution in [1.82, 2.24) is 19.5 Å². The Hall–Kier alpha value is -5.01. The van der Waals surface area contributed by atoms with Crippen molar-refractivity contribution in [2.45, 2.75) is 148 Å². The number of aromatic nitrogens is 4. The molecule has 6 aromatic rings. The molecule has 1 aliphatic heterocycles. The highest BCUT2D eigenvalue weighted by Gasteiger charge is 2.51. The van der Waals surface area contributed by atoms with Crippen LogP contribution in [0.4, 0.5) is 5.82 Å². The Morgan fingerprint density at radius 3 is 2.05 bits per heavy atom. The first kappa shape index (κ1) is 45.6. The van der Waals surface area contributed by atoms with Gasteiger partial charge in [0.15, 0.2) is 51.9 Å². The van der Waals surface area contributed by atoms with Crippen LogP contribution in [0.1, 0.15) is 98.2 Å². The average Bonchev–Trinajstić information content (AvgIpc) is 3.81. The number of fused-ring (bicyclic) bond motifs is 3. The monoisotopic (exact) mass is 907 g/mol. The van der Waals surface area contributed by atoms with Crippen molar-refractivity contribution in [3.8, 4) is 0 Å². The van der Waals surface area contributed by atoms with Crippen LogP contribution in [-0.2, 0) is 42.2 Å². The molecule has 1 fully saturated rings. The topological polar surface area (TPSA) is 162 Å². The molecule has 3 heterocycles. The Kier molecular flexibility index (Phi) is 11.7. The largest absolute Gasteiger partial charge is 0.456 e. The fourth-order valence-electron chi connectivity index (χ4n) is 8.77. The van der Waals surface area contributed by atoms with Gasteiger partial charge in [0.1, 0.15) is 18.7 Å². The molecule has 2 aliphatic rings. The first-order chi connectivity index (χ1) is 30.0. The number of ether oxygens (including phenoxy) is 4. The summed E-state index contributed by atoms with van der Waals surface area (Å²) in [7, 11) is -4.34. The predicted molar refractivity (Wildman–Crippen MR) is 251 cm³/mol. The molecule has 64 heavy (non-hydrogen) atoms. The van der Waals surface area contributed by atoms with E-state index in [1.165, 1.54) is 27.1 Å². The van der Waals surface area contributed by atoms with Crippen LogP contribution in [0.15, 0.2) is 61.2 Å². The number of anilines is 1. The molecule has 0 bridgehead atoms. The number of hydrogen-bond acceptors (Lipinski definition) is 13. The summed E-state index contributed by atoms with van der Waals surface area (Å²) in [4.78, 5) is 53.1. The van der Waals surface area contributed by atoms with E-state index < -0.39 is 65.1 Å². The van der Waals surface area contributed by atoms with Crippen LogP contribution in [-0.4, -0.2) is 85.1 Å². The van der Waals surface area contributed by atoms with Crippen LogP contribution in [0.5, 0.6) is 0 Å². The normalized spacial score (nSPS) is 23.2. The van der Waals surface area contributed by atoms with E-state index in [-0.39, 0.29) is 22.3 Å². The Morgan fingerprint density at radius 2 is 1.41 bits per heavy atom. The fourth-order valence-corrected chi connectivity index (χ4v) is 11.1. The van der Waals surface area contributed by atoms with Crippen LogP contribution in [0.25, 0.3) is 43.5 Å². The van der Waals surface area contributed by atoms with Crippen molar-refractivity contribution in [1.29, 1.82) is 0 Å². The highest BCUT2D eigenvalue weighted by Crippen LogP contribution is 2.50. The molecule has 0 unspecified atom stereocenters. The lowest BCUT2D eigenvalue weighted by Gasteiger charge is -2.43. The van der Waals surface area contributed by atoms with Crippen molar-refractivity contribution in [3.63, 3.8) is 0 Å². The van der Waals surface area contributed by atoms with Gasteiger partial charge in [-0.05, 0) is 80.2 Å². The number of esters is 3. The SMILES string of the molecule is CC(=O)O[C@@H]1[C@H](OC(C)=O)[C@@H](OC(C)=O)c2cc3ccc4cccc5ccc(c2[C@@H]1Nc1ncnc2c1ncn2[C@H]1C[C@H](O[Si](C)(C)C(C)(C)C)[C@@H](CO[Si](C)(C)C(C)(C)C)O1)c3c45. The summed E-state index contributed by atoms with van der Waals surface area (Å²) in [6.45, 7) is 26.6. The second kappa shape index (κ2) is 16.5. The van der Waals surface area contributed by atoms with Crippen molar-refractivity contribution >= 4 is 83.8 Å². The zero-order valence-corrected chi connectivity index (χ0v) is 41.2. The molecular formula is C48H61N5O9Si2. The number of benzene rings is 4. The second-order valence-corrected chi connectivity index (χ2v) is 30.0. The molecule has 0 amide bonds. The van der Waals surface area contributed by atoms with Gasteiger partial charge in [-0.1, -0.05) is 84.0 Å². The van der Waals surface area contributed by atoms with E-state index in [4.69, 9.17) is 42.8 Å². The van der Waals surface area contributed by atoms with Gasteiger partial charge in [0.25, 0.3) is 0 Å². The maximum Gasteiger partial charge on any atom is 0.303 e. The summed E-state index contributed by atoms with van der Waals surface area (Å²) in [6.07, 6.45) is -0.823. The molecule has 7 atom stereocenters. The van der Waals surface area contributed by atoms with Gasteiger partial charge in [0, 0.05) is 32.8 Å². The van der Waals surface area contributed by atoms with Gasteiger partial charge < -0.3 is 33.1 Å². The van der Waals surface area contributed by atoms with Gasteiger partial charge >= 0.3 is 17.9 Å². The molecule has 14 nitrogen and oxygen atoms in total. The Balaban J connectivity index is 1.24. The number of carbonyl (C=O) groups is 3. The third-order valence-electron chi connectivity index (χ3n) is 14.0. The zero-order chi connectivity index (χ0) is 46.3. The summed E-state index contributed by atoms with van der Waals surface area (Å²) in [6, 6.07) is 15.5. The maximum absolute atomic E-state index is 13.1. The molecule has 0 spiro atoms. The third-order valence-corrected chi connectivity index (χ3v) is 23.0. The third kappa shape index (κ3) is 8.27. The summed E-state index contributed by atoms with van der Waals surface area (Å²) in [5.41, 5.74) is 2.26. The molecule has 1 saturated heterocycles. The quantitative estimate of drug-likeness (QED) is 0.0566. The smallest absolute Gasteiger partial charge is 0.303 e.